The van der Waals surface area contributed by atoms with Crippen LogP contribution in [0.4, 0.5) is 0 Å². The van der Waals surface area contributed by atoms with E-state index in [1.807, 2.05) is 0 Å². The largest absolute Gasteiger partial charge is 0.394 e. The van der Waals surface area contributed by atoms with Crippen molar-refractivity contribution in [2.45, 2.75) is 198 Å². The third-order valence-electron chi connectivity index (χ3n) is 8.62. The summed E-state index contributed by atoms with van der Waals surface area (Å²) in [5, 5.41) is 57.8. The van der Waals surface area contributed by atoms with E-state index in [2.05, 4.69) is 0 Å². The highest BCUT2D eigenvalue weighted by molar-refractivity contribution is 5.78. The summed E-state index contributed by atoms with van der Waals surface area (Å²) in [5.74, 6) is 0.0960. The highest BCUT2D eigenvalue weighted by atomic mass is 16.7. The van der Waals surface area contributed by atoms with E-state index in [1.165, 1.54) is 96.3 Å². The lowest BCUT2D eigenvalue weighted by Gasteiger charge is -2.39. The fourth-order valence-corrected chi connectivity index (χ4v) is 5.84. The molecule has 0 aromatic rings. The molecular weight excluding hydrogens is 552 g/mol. The molecule has 1 heterocycles. The standard InChI is InChI=1S/C34H66O9/c1-27(36)25-29(38)22-20-18-16-14-12-10-8-6-4-2-3-5-7-9-11-13-15-17-19-21-28(37)23-24-42-34-33(41)32(40)31(39)30(26-35)43-34/h27,29-36,38-41H,2-26H2,1H3/t27-,29+,30?,31-,32+,33?,34+/m1/s1. The lowest BCUT2D eigenvalue weighted by molar-refractivity contribution is -0.300. The molecule has 43 heavy (non-hydrogen) atoms. The maximum atomic E-state index is 12.1. The van der Waals surface area contributed by atoms with Crippen molar-refractivity contribution < 1.29 is 44.9 Å². The van der Waals surface area contributed by atoms with Crippen LogP contribution in [-0.4, -0.2) is 92.5 Å². The minimum absolute atomic E-state index is 0.0584. The Morgan fingerprint density at radius 1 is 0.651 bits per heavy atom. The predicted molar refractivity (Wildman–Crippen MR) is 169 cm³/mol. The summed E-state index contributed by atoms with van der Waals surface area (Å²) in [6.07, 6.45) is 18.6. The van der Waals surface area contributed by atoms with Crippen molar-refractivity contribution >= 4 is 5.78 Å². The topological polar surface area (TPSA) is 157 Å². The molecule has 7 atom stereocenters. The molecule has 9 heteroatoms. The van der Waals surface area contributed by atoms with Gasteiger partial charge in [0.2, 0.25) is 0 Å². The number of aliphatic hydroxyl groups excluding tert-OH is 6. The lowest BCUT2D eigenvalue weighted by atomic mass is 9.99. The average Bonchev–Trinajstić information content (AvgIpc) is 2.97. The van der Waals surface area contributed by atoms with Gasteiger partial charge in [0.15, 0.2) is 6.29 Å². The van der Waals surface area contributed by atoms with E-state index in [9.17, 15) is 35.4 Å². The van der Waals surface area contributed by atoms with Gasteiger partial charge >= 0.3 is 0 Å². The van der Waals surface area contributed by atoms with Gasteiger partial charge in [-0.2, -0.15) is 0 Å². The third-order valence-corrected chi connectivity index (χ3v) is 8.62. The van der Waals surface area contributed by atoms with E-state index in [-0.39, 0.29) is 24.9 Å². The molecule has 0 aromatic heterocycles. The van der Waals surface area contributed by atoms with Crippen LogP contribution in [0.5, 0.6) is 0 Å². The molecule has 1 saturated heterocycles. The van der Waals surface area contributed by atoms with Gasteiger partial charge < -0.3 is 40.1 Å². The lowest BCUT2D eigenvalue weighted by Crippen LogP contribution is -2.59. The fraction of sp³-hybridized carbons (Fsp3) is 0.971. The van der Waals surface area contributed by atoms with E-state index < -0.39 is 43.4 Å². The second-order valence-corrected chi connectivity index (χ2v) is 12.9. The normalized spacial score (nSPS) is 23.8. The first-order chi connectivity index (χ1) is 20.8. The monoisotopic (exact) mass is 618 g/mol. The molecular formula is C34H66O9. The number of ketones is 1. The van der Waals surface area contributed by atoms with Crippen LogP contribution in [0.25, 0.3) is 0 Å². The summed E-state index contributed by atoms with van der Waals surface area (Å²) in [6.45, 7) is 1.28. The van der Waals surface area contributed by atoms with E-state index in [4.69, 9.17) is 9.47 Å². The molecule has 6 N–H and O–H groups in total. The Morgan fingerprint density at radius 3 is 1.53 bits per heavy atom. The maximum Gasteiger partial charge on any atom is 0.186 e. The first kappa shape index (κ1) is 40.4. The number of carbonyl (C=O) groups is 1. The van der Waals surface area contributed by atoms with Gasteiger partial charge in [-0.3, -0.25) is 4.79 Å². The number of unbranched alkanes of at least 4 members (excludes halogenated alkanes) is 18. The van der Waals surface area contributed by atoms with Crippen molar-refractivity contribution in [3.05, 3.63) is 0 Å². The maximum absolute atomic E-state index is 12.1. The number of aliphatic hydroxyl groups is 6. The number of hydrogen-bond donors (Lipinski definition) is 6. The molecule has 1 fully saturated rings. The molecule has 0 aromatic carbocycles. The number of ether oxygens (including phenoxy) is 2. The summed E-state index contributed by atoms with van der Waals surface area (Å²) >= 11 is 0. The van der Waals surface area contributed by atoms with Crippen molar-refractivity contribution in [2.75, 3.05) is 13.2 Å². The van der Waals surface area contributed by atoms with Crippen molar-refractivity contribution in [3.63, 3.8) is 0 Å². The van der Waals surface area contributed by atoms with Crippen LogP contribution in [0, 0.1) is 0 Å². The minimum Gasteiger partial charge on any atom is -0.394 e. The molecule has 9 nitrogen and oxygen atoms in total. The number of rotatable bonds is 29. The Hall–Kier alpha value is -0.650. The van der Waals surface area contributed by atoms with Gasteiger partial charge in [0.05, 0.1) is 25.4 Å². The van der Waals surface area contributed by atoms with Crippen LogP contribution in [0.3, 0.4) is 0 Å². The van der Waals surface area contributed by atoms with Gasteiger partial charge in [-0.25, -0.2) is 0 Å². The van der Waals surface area contributed by atoms with Crippen molar-refractivity contribution in [2.24, 2.45) is 0 Å². The predicted octanol–water partition coefficient (Wildman–Crippen LogP) is 5.09. The van der Waals surface area contributed by atoms with Gasteiger partial charge in [-0.05, 0) is 26.2 Å². The van der Waals surface area contributed by atoms with Crippen LogP contribution >= 0.6 is 0 Å². The van der Waals surface area contributed by atoms with Crippen LogP contribution in [0.2, 0.25) is 0 Å². The molecule has 1 aliphatic rings. The Balaban J connectivity index is 1.79. The summed E-state index contributed by atoms with van der Waals surface area (Å²) < 4.78 is 10.7. The van der Waals surface area contributed by atoms with Crippen LogP contribution in [0.15, 0.2) is 0 Å². The Kier molecular flexibility index (Phi) is 24.9. The molecule has 0 bridgehead atoms. The molecule has 2 unspecified atom stereocenters. The number of carbonyl (C=O) groups excluding carboxylic acids is 1. The van der Waals surface area contributed by atoms with Crippen molar-refractivity contribution in [1.82, 2.24) is 0 Å². The summed E-state index contributed by atoms with van der Waals surface area (Å²) in [6, 6.07) is 0. The zero-order valence-electron chi connectivity index (χ0n) is 27.1. The Labute approximate surface area is 261 Å². The molecule has 0 spiro atoms. The third kappa shape index (κ3) is 20.9. The van der Waals surface area contributed by atoms with Crippen LogP contribution < -0.4 is 0 Å². The van der Waals surface area contributed by atoms with Gasteiger partial charge in [-0.1, -0.05) is 116 Å². The summed E-state index contributed by atoms with van der Waals surface area (Å²) in [4.78, 5) is 12.1. The molecule has 0 radical (unpaired) electrons. The van der Waals surface area contributed by atoms with Gasteiger partial charge in [0, 0.05) is 12.8 Å². The van der Waals surface area contributed by atoms with E-state index >= 15 is 0 Å². The van der Waals surface area contributed by atoms with Gasteiger partial charge in [0.1, 0.15) is 30.2 Å². The average molecular weight is 619 g/mol. The summed E-state index contributed by atoms with van der Waals surface area (Å²) in [7, 11) is 0. The zero-order chi connectivity index (χ0) is 31.7. The number of hydrogen-bond acceptors (Lipinski definition) is 9. The molecule has 0 saturated carbocycles. The second-order valence-electron chi connectivity index (χ2n) is 12.9. The van der Waals surface area contributed by atoms with Crippen molar-refractivity contribution in [1.29, 1.82) is 0 Å². The SMILES string of the molecule is C[C@@H](O)C[C@@H](O)CCCCCCCCCCCCCCCCCCCCCC(=O)CCO[C@H]1OC(CO)[C@@H](O)[C@H](O)C1O. The van der Waals surface area contributed by atoms with Gasteiger partial charge in [-0.15, -0.1) is 0 Å². The minimum atomic E-state index is -1.47. The Morgan fingerprint density at radius 2 is 1.09 bits per heavy atom. The van der Waals surface area contributed by atoms with Crippen molar-refractivity contribution in [3.8, 4) is 0 Å². The highest BCUT2D eigenvalue weighted by Crippen LogP contribution is 2.22. The molecule has 0 aliphatic carbocycles. The number of Topliss-reactive ketones (excluding diaryl/α,β-unsaturated/α-hetero) is 1. The second kappa shape index (κ2) is 26.6. The molecule has 0 amide bonds. The quantitative estimate of drug-likeness (QED) is 0.0629. The first-order valence-electron chi connectivity index (χ1n) is 17.6. The summed E-state index contributed by atoms with van der Waals surface area (Å²) in [5.41, 5.74) is 0. The molecule has 256 valence electrons. The first-order valence-corrected chi connectivity index (χ1v) is 17.6. The zero-order valence-corrected chi connectivity index (χ0v) is 27.1. The van der Waals surface area contributed by atoms with Crippen LogP contribution in [0.1, 0.15) is 155 Å². The smallest absolute Gasteiger partial charge is 0.186 e. The fourth-order valence-electron chi connectivity index (χ4n) is 5.84. The van der Waals surface area contributed by atoms with E-state index in [1.54, 1.807) is 6.92 Å². The Bertz CT molecular complexity index is 645. The van der Waals surface area contributed by atoms with Gasteiger partial charge in [0.25, 0.3) is 0 Å². The highest BCUT2D eigenvalue weighted by Gasteiger charge is 2.43. The van der Waals surface area contributed by atoms with E-state index in [0.717, 1.165) is 32.1 Å². The van der Waals surface area contributed by atoms with E-state index in [0.29, 0.717) is 12.8 Å². The van der Waals surface area contributed by atoms with Crippen LogP contribution in [-0.2, 0) is 14.3 Å². The molecule has 1 aliphatic heterocycles. The molecule has 1 rings (SSSR count).